The number of aromatic nitrogens is 2. The molecule has 0 aliphatic rings. The Balaban J connectivity index is 1.34. The number of hydrogen-bond acceptors (Lipinski definition) is 4. The summed E-state index contributed by atoms with van der Waals surface area (Å²) in [6.45, 7) is 5.13. The van der Waals surface area contributed by atoms with Crippen molar-refractivity contribution in [2.75, 3.05) is 11.9 Å². The van der Waals surface area contributed by atoms with Crippen LogP contribution >= 0.6 is 0 Å². The molecule has 0 aliphatic heterocycles. The molecule has 4 rings (SSSR count). The summed E-state index contributed by atoms with van der Waals surface area (Å²) in [4.78, 5) is 24.6. The third kappa shape index (κ3) is 4.83. The van der Waals surface area contributed by atoms with Gasteiger partial charge in [-0.1, -0.05) is 49.3 Å². The van der Waals surface area contributed by atoms with E-state index in [9.17, 15) is 9.59 Å². The van der Waals surface area contributed by atoms with Crippen molar-refractivity contribution in [1.29, 1.82) is 0 Å². The van der Waals surface area contributed by atoms with Crippen LogP contribution in [-0.4, -0.2) is 28.1 Å². The molecular weight excluding hydrogens is 392 g/mol. The van der Waals surface area contributed by atoms with Gasteiger partial charge in [-0.3, -0.25) is 9.59 Å². The first kappa shape index (κ1) is 20.4. The zero-order valence-corrected chi connectivity index (χ0v) is 17.5. The van der Waals surface area contributed by atoms with Gasteiger partial charge in [-0.25, -0.2) is 0 Å². The fourth-order valence-electron chi connectivity index (χ4n) is 3.41. The lowest BCUT2D eigenvalue weighted by atomic mass is 10.1. The summed E-state index contributed by atoms with van der Waals surface area (Å²) in [5, 5.41) is 10.2. The quantitative estimate of drug-likeness (QED) is 0.470. The normalized spacial score (nSPS) is 11.1. The highest BCUT2D eigenvalue weighted by atomic mass is 16.5. The average molecular weight is 416 g/mol. The van der Waals surface area contributed by atoms with Gasteiger partial charge in [-0.05, 0) is 30.2 Å². The van der Waals surface area contributed by atoms with E-state index in [2.05, 4.69) is 40.4 Å². The summed E-state index contributed by atoms with van der Waals surface area (Å²) in [7, 11) is 0. The van der Waals surface area contributed by atoms with Crippen LogP contribution in [-0.2, 0) is 11.3 Å². The van der Waals surface area contributed by atoms with Crippen LogP contribution < -0.4 is 10.6 Å². The first-order chi connectivity index (χ1) is 15.0. The summed E-state index contributed by atoms with van der Waals surface area (Å²) in [5.41, 5.74) is 2.76. The van der Waals surface area contributed by atoms with E-state index in [-0.39, 0.29) is 18.1 Å². The zero-order valence-electron chi connectivity index (χ0n) is 17.5. The lowest BCUT2D eigenvalue weighted by Gasteiger charge is -2.09. The van der Waals surface area contributed by atoms with Crippen molar-refractivity contribution in [3.8, 4) is 11.3 Å². The highest BCUT2D eigenvalue weighted by Crippen LogP contribution is 2.22. The van der Waals surface area contributed by atoms with E-state index in [0.29, 0.717) is 17.4 Å². The molecule has 7 nitrogen and oxygen atoms in total. The highest BCUT2D eigenvalue weighted by molar-refractivity contribution is 5.99. The molecule has 0 aliphatic carbocycles. The van der Waals surface area contributed by atoms with Gasteiger partial charge in [0.25, 0.3) is 5.91 Å². The van der Waals surface area contributed by atoms with Gasteiger partial charge in [0.1, 0.15) is 0 Å². The molecule has 0 saturated carbocycles. The molecule has 2 amide bonds. The molecule has 2 heterocycles. The van der Waals surface area contributed by atoms with E-state index in [1.807, 2.05) is 54.6 Å². The molecule has 0 spiro atoms. The first-order valence-corrected chi connectivity index (χ1v) is 10.2. The van der Waals surface area contributed by atoms with Gasteiger partial charge >= 0.3 is 0 Å². The minimum atomic E-state index is -0.470. The summed E-state index contributed by atoms with van der Waals surface area (Å²) in [6.07, 6.45) is 2.05. The number of anilines is 1. The molecule has 0 radical (unpaired) electrons. The van der Waals surface area contributed by atoms with Gasteiger partial charge in [0.05, 0.1) is 6.54 Å². The largest absolute Gasteiger partial charge is 0.355 e. The third-order valence-electron chi connectivity index (χ3n) is 4.83. The standard InChI is InChI=1S/C24H24N4O3/c1-16(2)15-28-11-10-18-12-19(8-9-21(18)28)26-23(29)14-25-24(30)20-13-22(31-27-20)17-6-4-3-5-7-17/h3-13,16H,14-15H2,1-2H3,(H,25,30)(H,26,29). The van der Waals surface area contributed by atoms with Crippen molar-refractivity contribution in [2.45, 2.75) is 20.4 Å². The van der Waals surface area contributed by atoms with E-state index < -0.39 is 5.91 Å². The van der Waals surface area contributed by atoms with Crippen molar-refractivity contribution in [2.24, 2.45) is 5.92 Å². The van der Waals surface area contributed by atoms with Gasteiger partial charge < -0.3 is 19.7 Å². The zero-order chi connectivity index (χ0) is 21.8. The van der Waals surface area contributed by atoms with Gasteiger partial charge in [-0.2, -0.15) is 0 Å². The molecule has 2 N–H and O–H groups in total. The van der Waals surface area contributed by atoms with Crippen molar-refractivity contribution >= 4 is 28.4 Å². The van der Waals surface area contributed by atoms with Crippen LogP contribution in [0.5, 0.6) is 0 Å². The number of nitrogens with one attached hydrogen (secondary N) is 2. The van der Waals surface area contributed by atoms with E-state index in [4.69, 9.17) is 4.52 Å². The van der Waals surface area contributed by atoms with E-state index in [1.165, 1.54) is 0 Å². The van der Waals surface area contributed by atoms with Crippen molar-refractivity contribution in [3.05, 3.63) is 72.6 Å². The number of carbonyl (C=O) groups excluding carboxylic acids is 2. The number of nitrogens with zero attached hydrogens (tertiary/aromatic N) is 2. The molecule has 4 aromatic rings. The molecule has 0 bridgehead atoms. The number of carbonyl (C=O) groups is 2. The van der Waals surface area contributed by atoms with Crippen LogP contribution in [0.3, 0.4) is 0 Å². The topological polar surface area (TPSA) is 89.2 Å². The van der Waals surface area contributed by atoms with Gasteiger partial charge in [0.2, 0.25) is 5.91 Å². The molecule has 31 heavy (non-hydrogen) atoms. The van der Waals surface area contributed by atoms with Crippen LogP contribution in [0.1, 0.15) is 24.3 Å². The highest BCUT2D eigenvalue weighted by Gasteiger charge is 2.15. The monoisotopic (exact) mass is 416 g/mol. The second kappa shape index (κ2) is 8.87. The number of benzene rings is 2. The molecule has 158 valence electrons. The maximum atomic E-state index is 12.3. The average Bonchev–Trinajstić information content (AvgIpc) is 3.40. The lowest BCUT2D eigenvalue weighted by molar-refractivity contribution is -0.115. The molecule has 0 unspecified atom stereocenters. The Labute approximate surface area is 180 Å². The predicted octanol–water partition coefficient (Wildman–Crippen LogP) is 4.32. The Hall–Kier alpha value is -3.87. The van der Waals surface area contributed by atoms with Crippen LogP contribution in [0.25, 0.3) is 22.2 Å². The molecule has 7 heteroatoms. The third-order valence-corrected chi connectivity index (χ3v) is 4.83. The SMILES string of the molecule is CC(C)Cn1ccc2cc(NC(=O)CNC(=O)c3cc(-c4ccccc4)on3)ccc21. The Morgan fingerprint density at radius 2 is 1.87 bits per heavy atom. The number of fused-ring (bicyclic) bond motifs is 1. The molecule has 0 saturated heterocycles. The summed E-state index contributed by atoms with van der Waals surface area (Å²) >= 11 is 0. The Kier molecular flexibility index (Phi) is 5.84. The number of amides is 2. The number of hydrogen-bond donors (Lipinski definition) is 2. The predicted molar refractivity (Wildman–Crippen MR) is 120 cm³/mol. The van der Waals surface area contributed by atoms with Crippen LogP contribution in [0.2, 0.25) is 0 Å². The van der Waals surface area contributed by atoms with Crippen LogP contribution in [0.4, 0.5) is 5.69 Å². The Morgan fingerprint density at radius 1 is 1.06 bits per heavy atom. The molecular formula is C24H24N4O3. The Morgan fingerprint density at radius 3 is 2.65 bits per heavy atom. The maximum absolute atomic E-state index is 12.3. The lowest BCUT2D eigenvalue weighted by Crippen LogP contribution is -2.33. The van der Waals surface area contributed by atoms with E-state index >= 15 is 0 Å². The van der Waals surface area contributed by atoms with Crippen molar-refractivity contribution < 1.29 is 14.1 Å². The fourth-order valence-corrected chi connectivity index (χ4v) is 3.41. The smallest absolute Gasteiger partial charge is 0.273 e. The van der Waals surface area contributed by atoms with E-state index in [1.54, 1.807) is 6.07 Å². The molecule has 2 aromatic carbocycles. The van der Waals surface area contributed by atoms with Crippen LogP contribution in [0.15, 0.2) is 71.4 Å². The second-order valence-electron chi connectivity index (χ2n) is 7.81. The van der Waals surface area contributed by atoms with Crippen LogP contribution in [0, 0.1) is 5.92 Å². The second-order valence-corrected chi connectivity index (χ2v) is 7.81. The molecule has 0 atom stereocenters. The fraction of sp³-hybridized carbons (Fsp3) is 0.208. The molecule has 0 fully saturated rings. The van der Waals surface area contributed by atoms with Crippen molar-refractivity contribution in [3.63, 3.8) is 0 Å². The van der Waals surface area contributed by atoms with Gasteiger partial charge in [-0.15, -0.1) is 0 Å². The summed E-state index contributed by atoms with van der Waals surface area (Å²) in [6, 6.07) is 18.7. The van der Waals surface area contributed by atoms with Gasteiger partial charge in [0, 0.05) is 41.0 Å². The first-order valence-electron chi connectivity index (χ1n) is 10.2. The molecule has 2 aromatic heterocycles. The maximum Gasteiger partial charge on any atom is 0.273 e. The van der Waals surface area contributed by atoms with Gasteiger partial charge in [0.15, 0.2) is 11.5 Å². The summed E-state index contributed by atoms with van der Waals surface area (Å²) < 4.78 is 7.43. The summed E-state index contributed by atoms with van der Waals surface area (Å²) in [5.74, 6) is 0.253. The Bertz CT molecular complexity index is 1210. The number of rotatable bonds is 7. The minimum absolute atomic E-state index is 0.125. The minimum Gasteiger partial charge on any atom is -0.355 e. The van der Waals surface area contributed by atoms with Crippen molar-refractivity contribution in [1.82, 2.24) is 15.0 Å². The van der Waals surface area contributed by atoms with E-state index in [0.717, 1.165) is 23.0 Å².